The van der Waals surface area contributed by atoms with Crippen molar-refractivity contribution in [1.29, 1.82) is 0 Å². The van der Waals surface area contributed by atoms with E-state index in [1.165, 1.54) is 32.1 Å². The van der Waals surface area contributed by atoms with Crippen molar-refractivity contribution in [2.75, 3.05) is 20.3 Å². The fourth-order valence-electron chi connectivity index (χ4n) is 2.86. The van der Waals surface area contributed by atoms with Crippen molar-refractivity contribution in [2.45, 2.75) is 56.7 Å². The van der Waals surface area contributed by atoms with Crippen LogP contribution in [0.15, 0.2) is 0 Å². The van der Waals surface area contributed by atoms with Crippen LogP contribution < -0.4 is 0 Å². The van der Waals surface area contributed by atoms with Crippen LogP contribution in [0.3, 0.4) is 0 Å². The zero-order valence-corrected chi connectivity index (χ0v) is 9.69. The van der Waals surface area contributed by atoms with Crippen molar-refractivity contribution < 1.29 is 9.84 Å². The van der Waals surface area contributed by atoms with Gasteiger partial charge in [-0.15, -0.1) is 0 Å². The minimum absolute atomic E-state index is 0.189. The second-order valence-electron chi connectivity index (χ2n) is 4.96. The lowest BCUT2D eigenvalue weighted by atomic mass is 9.92. The zero-order valence-electron chi connectivity index (χ0n) is 9.69. The van der Waals surface area contributed by atoms with Crippen LogP contribution in [0.5, 0.6) is 0 Å². The first-order valence-electron chi connectivity index (χ1n) is 6.27. The van der Waals surface area contributed by atoms with Gasteiger partial charge in [-0.3, -0.25) is 4.90 Å². The van der Waals surface area contributed by atoms with Gasteiger partial charge in [0.1, 0.15) is 0 Å². The minimum atomic E-state index is -0.189. The Balaban J connectivity index is 1.89. The molecule has 2 atom stereocenters. The molecule has 0 aromatic rings. The van der Waals surface area contributed by atoms with Crippen molar-refractivity contribution in [3.63, 3.8) is 0 Å². The summed E-state index contributed by atoms with van der Waals surface area (Å²) in [5, 5.41) is 9.95. The summed E-state index contributed by atoms with van der Waals surface area (Å²) in [5.74, 6) is 0. The van der Waals surface area contributed by atoms with E-state index in [0.29, 0.717) is 12.6 Å². The molecule has 1 heterocycles. The van der Waals surface area contributed by atoms with Crippen LogP contribution in [-0.4, -0.2) is 48.5 Å². The largest absolute Gasteiger partial charge is 0.391 e. The number of likely N-dealkylation sites (N-methyl/N-ethyl adjacent to an activating group) is 1. The van der Waals surface area contributed by atoms with Gasteiger partial charge >= 0.3 is 0 Å². The number of ether oxygens (including phenoxy) is 1. The van der Waals surface area contributed by atoms with Gasteiger partial charge < -0.3 is 9.84 Å². The van der Waals surface area contributed by atoms with E-state index in [1.807, 2.05) is 0 Å². The standard InChI is InChI=1S/C12H23NO2/c1-13(10-5-3-2-4-6-10)11-9-15-8-7-12(11)14/h10-12,14H,2-9H2,1H3. The molecule has 1 saturated heterocycles. The highest BCUT2D eigenvalue weighted by Gasteiger charge is 2.31. The molecule has 1 aliphatic heterocycles. The fraction of sp³-hybridized carbons (Fsp3) is 1.00. The second kappa shape index (κ2) is 5.28. The normalized spacial score (nSPS) is 34.6. The molecule has 1 saturated carbocycles. The van der Waals surface area contributed by atoms with E-state index in [4.69, 9.17) is 4.74 Å². The van der Waals surface area contributed by atoms with Gasteiger partial charge in [0.25, 0.3) is 0 Å². The number of aliphatic hydroxyl groups is 1. The molecule has 2 fully saturated rings. The molecule has 0 radical (unpaired) electrons. The highest BCUT2D eigenvalue weighted by molar-refractivity contribution is 4.85. The second-order valence-corrected chi connectivity index (χ2v) is 4.96. The summed E-state index contributed by atoms with van der Waals surface area (Å²) in [6.07, 6.45) is 7.26. The average molecular weight is 213 g/mol. The third-order valence-electron chi connectivity index (χ3n) is 3.96. The molecule has 1 aliphatic carbocycles. The minimum Gasteiger partial charge on any atom is -0.391 e. The van der Waals surface area contributed by atoms with Gasteiger partial charge in [-0.25, -0.2) is 0 Å². The van der Waals surface area contributed by atoms with Crippen LogP contribution >= 0.6 is 0 Å². The Bertz CT molecular complexity index is 192. The Labute approximate surface area is 92.4 Å². The third-order valence-corrected chi connectivity index (χ3v) is 3.96. The molecule has 2 aliphatic rings. The lowest BCUT2D eigenvalue weighted by Crippen LogP contribution is -2.52. The molecule has 0 aromatic carbocycles. The summed E-state index contributed by atoms with van der Waals surface area (Å²) in [7, 11) is 2.15. The predicted molar refractivity (Wildman–Crippen MR) is 59.9 cm³/mol. The molecule has 2 unspecified atom stereocenters. The van der Waals surface area contributed by atoms with Crippen LogP contribution in [0.25, 0.3) is 0 Å². The summed E-state index contributed by atoms with van der Waals surface area (Å²) in [6.45, 7) is 1.42. The van der Waals surface area contributed by atoms with Gasteiger partial charge in [-0.1, -0.05) is 19.3 Å². The van der Waals surface area contributed by atoms with Gasteiger partial charge in [0.2, 0.25) is 0 Å². The molecule has 0 amide bonds. The molecule has 3 nitrogen and oxygen atoms in total. The molecule has 0 bridgehead atoms. The van der Waals surface area contributed by atoms with Crippen LogP contribution in [0.1, 0.15) is 38.5 Å². The van der Waals surface area contributed by atoms with Crippen LogP contribution in [0.4, 0.5) is 0 Å². The number of hydrogen-bond donors (Lipinski definition) is 1. The van der Waals surface area contributed by atoms with Gasteiger partial charge in [-0.05, 0) is 26.3 Å². The van der Waals surface area contributed by atoms with Gasteiger partial charge in [0.05, 0.1) is 18.8 Å². The maximum Gasteiger partial charge on any atom is 0.0739 e. The number of hydrogen-bond acceptors (Lipinski definition) is 3. The van der Waals surface area contributed by atoms with E-state index in [1.54, 1.807) is 0 Å². The van der Waals surface area contributed by atoms with Crippen LogP contribution in [0, 0.1) is 0 Å². The summed E-state index contributed by atoms with van der Waals surface area (Å²) in [5.41, 5.74) is 0. The Morgan fingerprint density at radius 3 is 2.53 bits per heavy atom. The maximum atomic E-state index is 9.95. The molecular weight excluding hydrogens is 190 g/mol. The molecule has 1 N–H and O–H groups in total. The first-order valence-corrected chi connectivity index (χ1v) is 6.27. The summed E-state index contributed by atoms with van der Waals surface area (Å²) in [4.78, 5) is 2.36. The van der Waals surface area contributed by atoms with E-state index in [2.05, 4.69) is 11.9 Å². The van der Waals surface area contributed by atoms with Crippen molar-refractivity contribution in [3.8, 4) is 0 Å². The fourth-order valence-corrected chi connectivity index (χ4v) is 2.86. The van der Waals surface area contributed by atoms with E-state index >= 15 is 0 Å². The third kappa shape index (κ3) is 2.71. The first-order chi connectivity index (χ1) is 7.29. The first kappa shape index (κ1) is 11.4. The van der Waals surface area contributed by atoms with Gasteiger partial charge in [-0.2, -0.15) is 0 Å². The molecule has 88 valence electrons. The quantitative estimate of drug-likeness (QED) is 0.752. The Morgan fingerprint density at radius 1 is 1.13 bits per heavy atom. The van der Waals surface area contributed by atoms with Gasteiger partial charge in [0, 0.05) is 12.6 Å². The zero-order chi connectivity index (χ0) is 10.7. The van der Waals surface area contributed by atoms with Crippen LogP contribution in [-0.2, 0) is 4.74 Å². The highest BCUT2D eigenvalue weighted by Crippen LogP contribution is 2.25. The van der Waals surface area contributed by atoms with Crippen molar-refractivity contribution in [2.24, 2.45) is 0 Å². The smallest absolute Gasteiger partial charge is 0.0739 e. The molecule has 2 rings (SSSR count). The van der Waals surface area contributed by atoms with Gasteiger partial charge in [0.15, 0.2) is 0 Å². The highest BCUT2D eigenvalue weighted by atomic mass is 16.5. The predicted octanol–water partition coefficient (Wildman–Crippen LogP) is 1.40. The van der Waals surface area contributed by atoms with Crippen molar-refractivity contribution in [3.05, 3.63) is 0 Å². The SMILES string of the molecule is CN(C1CCCCC1)C1COCCC1O. The monoisotopic (exact) mass is 213 g/mol. The number of nitrogens with zero attached hydrogens (tertiary/aromatic N) is 1. The van der Waals surface area contributed by atoms with E-state index in [9.17, 15) is 5.11 Å². The molecule has 0 aromatic heterocycles. The lowest BCUT2D eigenvalue weighted by molar-refractivity contribution is -0.0685. The Hall–Kier alpha value is -0.120. The maximum absolute atomic E-state index is 9.95. The lowest BCUT2D eigenvalue weighted by Gasteiger charge is -2.41. The summed E-state index contributed by atoms with van der Waals surface area (Å²) >= 11 is 0. The molecule has 0 spiro atoms. The van der Waals surface area contributed by atoms with E-state index in [0.717, 1.165) is 13.0 Å². The summed E-state index contributed by atoms with van der Waals surface area (Å²) in [6, 6.07) is 0.891. The average Bonchev–Trinajstić information content (AvgIpc) is 2.30. The summed E-state index contributed by atoms with van der Waals surface area (Å²) < 4.78 is 5.46. The Kier molecular flexibility index (Phi) is 4.00. The molecule has 15 heavy (non-hydrogen) atoms. The van der Waals surface area contributed by atoms with Crippen molar-refractivity contribution >= 4 is 0 Å². The Morgan fingerprint density at radius 2 is 1.87 bits per heavy atom. The number of rotatable bonds is 2. The van der Waals surface area contributed by atoms with Crippen LogP contribution in [0.2, 0.25) is 0 Å². The molecular formula is C12H23NO2. The van der Waals surface area contributed by atoms with Crippen molar-refractivity contribution in [1.82, 2.24) is 4.90 Å². The topological polar surface area (TPSA) is 32.7 Å². The number of aliphatic hydroxyl groups excluding tert-OH is 1. The van der Waals surface area contributed by atoms with E-state index < -0.39 is 0 Å². The molecule has 3 heteroatoms. The van der Waals surface area contributed by atoms with E-state index in [-0.39, 0.29) is 12.1 Å².